The largest absolute Gasteiger partial charge is 0.309 e. The van der Waals surface area contributed by atoms with Crippen molar-refractivity contribution >= 4 is 27.7 Å². The lowest BCUT2D eigenvalue weighted by Gasteiger charge is -2.12. The van der Waals surface area contributed by atoms with Crippen LogP contribution in [0.5, 0.6) is 0 Å². The molecule has 0 radical (unpaired) electrons. The first-order valence-electron chi connectivity index (χ1n) is 5.50. The fourth-order valence-electron chi connectivity index (χ4n) is 1.82. The Morgan fingerprint density at radius 1 is 1.56 bits per heavy atom. The number of thioether (sulfide) groups is 1. The van der Waals surface area contributed by atoms with Crippen molar-refractivity contribution in [2.24, 2.45) is 0 Å². The van der Waals surface area contributed by atoms with Gasteiger partial charge in [0.1, 0.15) is 10.3 Å². The number of aromatic amines is 1. The fraction of sp³-hybridized carbons (Fsp3) is 0.636. The standard InChI is InChI=1S/C11H15BrN2OS/c1-6(2)9-8(12)11(15)14-10(13-9)7-4-3-5-16-7/h6-7H,3-5H2,1-2H3,(H,13,14,15). The molecule has 1 aliphatic rings. The van der Waals surface area contributed by atoms with Gasteiger partial charge in [0.2, 0.25) is 0 Å². The maximum Gasteiger partial charge on any atom is 0.265 e. The molecule has 1 saturated heterocycles. The number of rotatable bonds is 2. The van der Waals surface area contributed by atoms with Gasteiger partial charge in [-0.25, -0.2) is 4.98 Å². The molecule has 1 aromatic rings. The molecule has 1 fully saturated rings. The monoisotopic (exact) mass is 302 g/mol. The molecule has 0 bridgehead atoms. The maximum atomic E-state index is 11.8. The molecule has 1 N–H and O–H groups in total. The quantitative estimate of drug-likeness (QED) is 0.912. The van der Waals surface area contributed by atoms with E-state index in [-0.39, 0.29) is 11.5 Å². The highest BCUT2D eigenvalue weighted by atomic mass is 79.9. The van der Waals surface area contributed by atoms with Crippen LogP contribution in [-0.4, -0.2) is 15.7 Å². The molecule has 88 valence electrons. The number of nitrogens with zero attached hydrogens (tertiary/aromatic N) is 1. The lowest BCUT2D eigenvalue weighted by molar-refractivity contribution is 0.728. The third-order valence-electron chi connectivity index (χ3n) is 2.69. The smallest absolute Gasteiger partial charge is 0.265 e. The Bertz CT molecular complexity index is 438. The third-order valence-corrected chi connectivity index (χ3v) is 4.84. The van der Waals surface area contributed by atoms with Crippen LogP contribution < -0.4 is 5.56 Å². The molecule has 16 heavy (non-hydrogen) atoms. The summed E-state index contributed by atoms with van der Waals surface area (Å²) < 4.78 is 0.578. The number of halogens is 1. The second kappa shape index (κ2) is 4.92. The van der Waals surface area contributed by atoms with Crippen LogP contribution in [0, 0.1) is 0 Å². The predicted octanol–water partition coefficient (Wildman–Crippen LogP) is 3.22. The Labute approximate surface area is 108 Å². The number of nitrogens with one attached hydrogen (secondary N) is 1. The van der Waals surface area contributed by atoms with Gasteiger partial charge in [0, 0.05) is 0 Å². The van der Waals surface area contributed by atoms with E-state index < -0.39 is 0 Å². The van der Waals surface area contributed by atoms with Crippen LogP contribution in [0.3, 0.4) is 0 Å². The Kier molecular flexibility index (Phi) is 3.74. The normalized spacial score (nSPS) is 20.6. The molecule has 5 heteroatoms. The molecule has 0 amide bonds. The number of hydrogen-bond donors (Lipinski definition) is 1. The second-order valence-electron chi connectivity index (χ2n) is 4.31. The molecule has 3 nitrogen and oxygen atoms in total. The molecule has 2 heterocycles. The zero-order chi connectivity index (χ0) is 11.7. The average molecular weight is 303 g/mol. The summed E-state index contributed by atoms with van der Waals surface area (Å²) in [4.78, 5) is 19.2. The summed E-state index contributed by atoms with van der Waals surface area (Å²) in [7, 11) is 0. The molecule has 2 rings (SSSR count). The zero-order valence-corrected chi connectivity index (χ0v) is 11.8. The lowest BCUT2D eigenvalue weighted by Crippen LogP contribution is -2.17. The Balaban J connectivity index is 2.43. The van der Waals surface area contributed by atoms with Gasteiger partial charge in [0.15, 0.2) is 0 Å². The first kappa shape index (κ1) is 12.2. The van der Waals surface area contributed by atoms with E-state index >= 15 is 0 Å². The zero-order valence-electron chi connectivity index (χ0n) is 9.42. The van der Waals surface area contributed by atoms with E-state index in [1.54, 1.807) is 0 Å². The number of H-pyrrole nitrogens is 1. The molecule has 0 aromatic carbocycles. The van der Waals surface area contributed by atoms with Crippen LogP contribution in [0.15, 0.2) is 9.27 Å². The molecule has 1 unspecified atom stereocenters. The van der Waals surface area contributed by atoms with Gasteiger partial charge < -0.3 is 4.98 Å². The van der Waals surface area contributed by atoms with Crippen molar-refractivity contribution in [2.45, 2.75) is 37.9 Å². The van der Waals surface area contributed by atoms with Gasteiger partial charge in [-0.05, 0) is 40.4 Å². The van der Waals surface area contributed by atoms with E-state index in [1.807, 2.05) is 11.8 Å². The molecule has 1 aromatic heterocycles. The van der Waals surface area contributed by atoms with E-state index in [4.69, 9.17) is 0 Å². The van der Waals surface area contributed by atoms with Gasteiger partial charge in [-0.15, -0.1) is 0 Å². The van der Waals surface area contributed by atoms with Crippen LogP contribution in [-0.2, 0) is 0 Å². The Morgan fingerprint density at radius 2 is 2.31 bits per heavy atom. The topological polar surface area (TPSA) is 45.8 Å². The van der Waals surface area contributed by atoms with Crippen molar-refractivity contribution in [3.8, 4) is 0 Å². The SMILES string of the molecule is CC(C)c1nc(C2CCCS2)[nH]c(=O)c1Br. The van der Waals surface area contributed by atoms with Crippen molar-refractivity contribution in [1.82, 2.24) is 9.97 Å². The van der Waals surface area contributed by atoms with Crippen molar-refractivity contribution < 1.29 is 0 Å². The maximum absolute atomic E-state index is 11.8. The highest BCUT2D eigenvalue weighted by molar-refractivity contribution is 9.10. The lowest BCUT2D eigenvalue weighted by atomic mass is 10.1. The van der Waals surface area contributed by atoms with E-state index in [0.717, 1.165) is 17.9 Å². The van der Waals surface area contributed by atoms with Gasteiger partial charge in [0.05, 0.1) is 10.9 Å². The Morgan fingerprint density at radius 3 is 2.88 bits per heavy atom. The minimum absolute atomic E-state index is 0.0544. The molecule has 1 atom stereocenters. The van der Waals surface area contributed by atoms with E-state index in [1.165, 1.54) is 12.2 Å². The second-order valence-corrected chi connectivity index (χ2v) is 6.41. The first-order chi connectivity index (χ1) is 7.59. The van der Waals surface area contributed by atoms with Crippen LogP contribution in [0.1, 0.15) is 49.4 Å². The average Bonchev–Trinajstić information content (AvgIpc) is 2.74. The van der Waals surface area contributed by atoms with E-state index in [2.05, 4.69) is 39.7 Å². The van der Waals surface area contributed by atoms with E-state index in [0.29, 0.717) is 9.72 Å². The molecule has 0 spiro atoms. The number of hydrogen-bond acceptors (Lipinski definition) is 3. The van der Waals surface area contributed by atoms with Crippen LogP contribution >= 0.6 is 27.7 Å². The minimum Gasteiger partial charge on any atom is -0.309 e. The number of aromatic nitrogens is 2. The summed E-state index contributed by atoms with van der Waals surface area (Å²) in [6, 6.07) is 0. The summed E-state index contributed by atoms with van der Waals surface area (Å²) in [6.07, 6.45) is 2.33. The van der Waals surface area contributed by atoms with Crippen LogP contribution in [0.25, 0.3) is 0 Å². The highest BCUT2D eigenvalue weighted by Gasteiger charge is 2.22. The van der Waals surface area contributed by atoms with Gasteiger partial charge in [-0.1, -0.05) is 13.8 Å². The van der Waals surface area contributed by atoms with Crippen LogP contribution in [0.2, 0.25) is 0 Å². The van der Waals surface area contributed by atoms with Crippen molar-refractivity contribution in [3.63, 3.8) is 0 Å². The first-order valence-corrected chi connectivity index (χ1v) is 7.35. The van der Waals surface area contributed by atoms with Gasteiger partial charge in [-0.2, -0.15) is 11.8 Å². The fourth-order valence-corrected chi connectivity index (χ4v) is 3.69. The summed E-state index contributed by atoms with van der Waals surface area (Å²) in [5.74, 6) is 2.28. The third kappa shape index (κ3) is 2.35. The summed E-state index contributed by atoms with van der Waals surface area (Å²) >= 11 is 5.19. The van der Waals surface area contributed by atoms with Crippen molar-refractivity contribution in [1.29, 1.82) is 0 Å². The Hall–Kier alpha value is -0.290. The molecular weight excluding hydrogens is 288 g/mol. The van der Waals surface area contributed by atoms with Gasteiger partial charge >= 0.3 is 0 Å². The van der Waals surface area contributed by atoms with Gasteiger partial charge in [0.25, 0.3) is 5.56 Å². The predicted molar refractivity (Wildman–Crippen MR) is 71.1 cm³/mol. The van der Waals surface area contributed by atoms with Gasteiger partial charge in [-0.3, -0.25) is 4.79 Å². The van der Waals surface area contributed by atoms with Crippen LogP contribution in [0.4, 0.5) is 0 Å². The molecule has 1 aliphatic heterocycles. The van der Waals surface area contributed by atoms with Crippen molar-refractivity contribution in [2.75, 3.05) is 5.75 Å². The molecular formula is C11H15BrN2OS. The van der Waals surface area contributed by atoms with E-state index in [9.17, 15) is 4.79 Å². The van der Waals surface area contributed by atoms with Crippen molar-refractivity contribution in [3.05, 3.63) is 26.3 Å². The minimum atomic E-state index is -0.0544. The summed E-state index contributed by atoms with van der Waals surface area (Å²) in [6.45, 7) is 4.11. The summed E-state index contributed by atoms with van der Waals surface area (Å²) in [5.41, 5.74) is 0.812. The highest BCUT2D eigenvalue weighted by Crippen LogP contribution is 2.38. The summed E-state index contributed by atoms with van der Waals surface area (Å²) in [5, 5.41) is 0.373. The molecule has 0 saturated carbocycles. The molecule has 0 aliphatic carbocycles.